The number of halogens is 1. The molecular weight excluding hydrogens is 369 g/mol. The summed E-state index contributed by atoms with van der Waals surface area (Å²) < 4.78 is 15.0. The number of nitrogens with one attached hydrogen (secondary N) is 1. The fraction of sp³-hybridized carbons (Fsp3) is 0.357. The molecule has 0 amide bonds. The van der Waals surface area contributed by atoms with E-state index in [-0.39, 0.29) is 5.83 Å². The van der Waals surface area contributed by atoms with Crippen LogP contribution in [0.4, 0.5) is 10.1 Å². The van der Waals surface area contributed by atoms with E-state index in [4.69, 9.17) is 0 Å². The molecule has 2 aromatic rings. The van der Waals surface area contributed by atoms with E-state index in [2.05, 4.69) is 68.6 Å². The summed E-state index contributed by atoms with van der Waals surface area (Å²) in [6, 6.07) is 13.1. The van der Waals surface area contributed by atoms with E-state index in [0.29, 0.717) is 12.8 Å². The molecule has 3 rings (SSSR count). The summed E-state index contributed by atoms with van der Waals surface area (Å²) in [6.45, 7) is 9.27. The van der Waals surface area contributed by atoms with E-state index in [1.807, 2.05) is 19.1 Å². The van der Waals surface area contributed by atoms with Gasteiger partial charge < -0.3 is 5.32 Å². The Morgan fingerprint density at radius 1 is 1.10 bits per heavy atom. The Balaban J connectivity index is 2.10. The molecule has 0 bridgehead atoms. The standard InChI is InChI=1S/C28H34FN/c1-5-7-14-27(29)23-11-9-12-25-20(3)10-8-13-26(25)24(19-23)17-22-16-15-21(4)28(18-22)30-6-2/h5,7-8,10,13,15-18,30H,6,9,11-12,14,19H2,1-4H3/b7-5-,24-17+,27-23+. The van der Waals surface area contributed by atoms with Crippen LogP contribution in [0.1, 0.15) is 67.3 Å². The quantitative estimate of drug-likeness (QED) is 0.496. The lowest BCUT2D eigenvalue weighted by atomic mass is 9.84. The van der Waals surface area contributed by atoms with Crippen molar-refractivity contribution in [1.82, 2.24) is 0 Å². The second-order valence-corrected chi connectivity index (χ2v) is 8.19. The van der Waals surface area contributed by atoms with Crippen molar-refractivity contribution in [1.29, 1.82) is 0 Å². The van der Waals surface area contributed by atoms with Crippen molar-refractivity contribution in [3.8, 4) is 0 Å². The number of anilines is 1. The molecule has 0 radical (unpaired) electrons. The zero-order valence-electron chi connectivity index (χ0n) is 18.8. The lowest BCUT2D eigenvalue weighted by Gasteiger charge is -2.22. The number of fused-ring (bicyclic) bond motifs is 1. The summed E-state index contributed by atoms with van der Waals surface area (Å²) in [6.07, 6.45) is 9.98. The smallest absolute Gasteiger partial charge is 0.103 e. The Morgan fingerprint density at radius 3 is 2.70 bits per heavy atom. The van der Waals surface area contributed by atoms with Crippen LogP contribution in [-0.4, -0.2) is 6.54 Å². The highest BCUT2D eigenvalue weighted by atomic mass is 19.1. The lowest BCUT2D eigenvalue weighted by Crippen LogP contribution is -2.04. The molecule has 1 nitrogen and oxygen atoms in total. The zero-order valence-corrected chi connectivity index (χ0v) is 18.8. The topological polar surface area (TPSA) is 12.0 Å². The molecule has 0 unspecified atom stereocenters. The molecule has 0 aliphatic heterocycles. The number of aryl methyl sites for hydroxylation is 2. The summed E-state index contributed by atoms with van der Waals surface area (Å²) in [5, 5.41) is 3.45. The van der Waals surface area contributed by atoms with E-state index < -0.39 is 0 Å². The molecular formula is C28H34FN. The van der Waals surface area contributed by atoms with Gasteiger partial charge in [-0.2, -0.15) is 0 Å². The van der Waals surface area contributed by atoms with Gasteiger partial charge in [-0.15, -0.1) is 0 Å². The van der Waals surface area contributed by atoms with Gasteiger partial charge in [-0.1, -0.05) is 48.6 Å². The highest BCUT2D eigenvalue weighted by Crippen LogP contribution is 2.36. The summed E-state index contributed by atoms with van der Waals surface area (Å²) in [5.74, 6) is 0.0346. The highest BCUT2D eigenvalue weighted by Gasteiger charge is 2.18. The maximum atomic E-state index is 15.0. The van der Waals surface area contributed by atoms with Crippen molar-refractivity contribution in [3.05, 3.63) is 87.8 Å². The molecule has 2 aromatic carbocycles. The van der Waals surface area contributed by atoms with E-state index in [1.54, 1.807) is 0 Å². The monoisotopic (exact) mass is 403 g/mol. The SMILES string of the molecule is C/C=C\C/C(F)=C1/CCCc2c(C)cccc2/C(=C/c2ccc(C)c(NCC)c2)C1. The third-order valence-electron chi connectivity index (χ3n) is 5.95. The third-order valence-corrected chi connectivity index (χ3v) is 5.95. The molecule has 0 fully saturated rings. The van der Waals surface area contributed by atoms with Crippen LogP contribution >= 0.6 is 0 Å². The van der Waals surface area contributed by atoms with Crippen LogP contribution < -0.4 is 5.32 Å². The van der Waals surface area contributed by atoms with Crippen molar-refractivity contribution in [3.63, 3.8) is 0 Å². The van der Waals surface area contributed by atoms with Gasteiger partial charge in [-0.3, -0.25) is 0 Å². The minimum atomic E-state index is 0.0346. The summed E-state index contributed by atoms with van der Waals surface area (Å²) in [5.41, 5.74) is 9.75. The summed E-state index contributed by atoms with van der Waals surface area (Å²) in [7, 11) is 0. The van der Waals surface area contributed by atoms with Crippen LogP contribution in [0, 0.1) is 13.8 Å². The Kier molecular flexibility index (Phi) is 7.68. The molecule has 1 aliphatic rings. The normalized spacial score (nSPS) is 17.6. The minimum Gasteiger partial charge on any atom is -0.385 e. The van der Waals surface area contributed by atoms with Crippen molar-refractivity contribution in [2.45, 2.75) is 59.8 Å². The number of allylic oxidation sites excluding steroid dienone is 5. The van der Waals surface area contributed by atoms with Gasteiger partial charge in [-0.25, -0.2) is 4.39 Å². The molecule has 0 saturated carbocycles. The van der Waals surface area contributed by atoms with Crippen LogP contribution in [0.25, 0.3) is 11.6 Å². The number of benzene rings is 2. The van der Waals surface area contributed by atoms with Crippen molar-refractivity contribution >= 4 is 17.3 Å². The first-order valence-electron chi connectivity index (χ1n) is 11.1. The number of rotatable bonds is 5. The lowest BCUT2D eigenvalue weighted by molar-refractivity contribution is 0.587. The van der Waals surface area contributed by atoms with E-state index >= 15 is 0 Å². The van der Waals surface area contributed by atoms with Gasteiger partial charge in [0.15, 0.2) is 0 Å². The summed E-state index contributed by atoms with van der Waals surface area (Å²) in [4.78, 5) is 0. The van der Waals surface area contributed by atoms with Gasteiger partial charge >= 0.3 is 0 Å². The van der Waals surface area contributed by atoms with Crippen LogP contribution in [0.3, 0.4) is 0 Å². The van der Waals surface area contributed by atoms with Crippen LogP contribution in [0.5, 0.6) is 0 Å². The van der Waals surface area contributed by atoms with Crippen molar-refractivity contribution in [2.24, 2.45) is 0 Å². The van der Waals surface area contributed by atoms with Gasteiger partial charge in [0.2, 0.25) is 0 Å². The molecule has 0 aromatic heterocycles. The van der Waals surface area contributed by atoms with Gasteiger partial charge in [0.25, 0.3) is 0 Å². The van der Waals surface area contributed by atoms with Gasteiger partial charge in [-0.05, 0) is 98.4 Å². The fourth-order valence-electron chi connectivity index (χ4n) is 4.26. The predicted molar refractivity (Wildman–Crippen MR) is 130 cm³/mol. The van der Waals surface area contributed by atoms with Gasteiger partial charge in [0.1, 0.15) is 5.83 Å². The first-order chi connectivity index (χ1) is 14.5. The van der Waals surface area contributed by atoms with E-state index in [1.165, 1.54) is 27.8 Å². The van der Waals surface area contributed by atoms with Crippen molar-refractivity contribution in [2.75, 3.05) is 11.9 Å². The van der Waals surface area contributed by atoms with Gasteiger partial charge in [0.05, 0.1) is 0 Å². The molecule has 0 saturated heterocycles. The van der Waals surface area contributed by atoms with Crippen LogP contribution in [0.15, 0.2) is 60.0 Å². The maximum absolute atomic E-state index is 15.0. The first kappa shape index (κ1) is 22.1. The van der Waals surface area contributed by atoms with Crippen LogP contribution in [-0.2, 0) is 6.42 Å². The molecule has 0 atom stereocenters. The minimum absolute atomic E-state index is 0.0346. The maximum Gasteiger partial charge on any atom is 0.103 e. The molecule has 1 N–H and O–H groups in total. The third kappa shape index (κ3) is 5.30. The molecule has 0 spiro atoms. The Labute approximate surface area is 181 Å². The molecule has 1 aliphatic carbocycles. The van der Waals surface area contributed by atoms with E-state index in [0.717, 1.165) is 42.6 Å². The zero-order chi connectivity index (χ0) is 21.5. The molecule has 2 heteroatoms. The molecule has 158 valence electrons. The van der Waals surface area contributed by atoms with Crippen molar-refractivity contribution < 1.29 is 4.39 Å². The highest BCUT2D eigenvalue weighted by molar-refractivity contribution is 5.85. The fourth-order valence-corrected chi connectivity index (χ4v) is 4.26. The average Bonchev–Trinajstić information content (AvgIpc) is 2.72. The Morgan fingerprint density at radius 2 is 1.93 bits per heavy atom. The average molecular weight is 404 g/mol. The predicted octanol–water partition coefficient (Wildman–Crippen LogP) is 8.19. The van der Waals surface area contributed by atoms with Gasteiger partial charge in [0, 0.05) is 18.7 Å². The molecule has 30 heavy (non-hydrogen) atoms. The Hall–Kier alpha value is -2.61. The van der Waals surface area contributed by atoms with E-state index in [9.17, 15) is 4.39 Å². The number of hydrogen-bond donors (Lipinski definition) is 1. The largest absolute Gasteiger partial charge is 0.385 e. The first-order valence-corrected chi connectivity index (χ1v) is 11.1. The van der Waals surface area contributed by atoms with Crippen LogP contribution in [0.2, 0.25) is 0 Å². The Bertz CT molecular complexity index is 978. The summed E-state index contributed by atoms with van der Waals surface area (Å²) >= 11 is 0. The molecule has 0 heterocycles. The second-order valence-electron chi connectivity index (χ2n) is 8.19. The second kappa shape index (κ2) is 10.4. The number of hydrogen-bond acceptors (Lipinski definition) is 1.